The molecule has 0 heterocycles. The number of carbonyl (C=O) groups excluding carboxylic acids is 2. The summed E-state index contributed by atoms with van der Waals surface area (Å²) < 4.78 is 46.7. The molecule has 9 nitrogen and oxygen atoms in total. The minimum atomic E-state index is -4.05. The summed E-state index contributed by atoms with van der Waals surface area (Å²) in [4.78, 5) is 24.1. The average Bonchev–Trinajstić information content (AvgIpc) is 2.66. The molecule has 11 heteroatoms. The highest BCUT2D eigenvalue weighted by Gasteiger charge is 2.20. The molecular formula is C17H18FN3O6S. The van der Waals surface area contributed by atoms with Gasteiger partial charge in [0.1, 0.15) is 5.75 Å². The van der Waals surface area contributed by atoms with Crippen LogP contribution in [0, 0.1) is 5.82 Å². The number of para-hydroxylation sites is 1. The van der Waals surface area contributed by atoms with Crippen molar-refractivity contribution >= 4 is 21.8 Å². The van der Waals surface area contributed by atoms with Crippen LogP contribution in [-0.2, 0) is 14.8 Å². The first-order valence-electron chi connectivity index (χ1n) is 7.85. The molecule has 2 aromatic rings. The van der Waals surface area contributed by atoms with Crippen LogP contribution in [0.4, 0.5) is 4.39 Å². The summed E-state index contributed by atoms with van der Waals surface area (Å²) in [6.45, 7) is 1.36. The molecule has 4 N–H and O–H groups in total. The van der Waals surface area contributed by atoms with Crippen molar-refractivity contribution in [1.82, 2.24) is 10.9 Å². The summed E-state index contributed by atoms with van der Waals surface area (Å²) in [6, 6.07) is 8.96. The molecule has 2 aromatic carbocycles. The fourth-order valence-electron chi connectivity index (χ4n) is 2.11. The molecule has 0 saturated carbocycles. The van der Waals surface area contributed by atoms with Crippen LogP contribution in [0.25, 0.3) is 0 Å². The Balaban J connectivity index is 2.07. The fourth-order valence-corrected chi connectivity index (χ4v) is 2.65. The maximum absolute atomic E-state index is 13.6. The molecule has 2 rings (SSSR count). The molecule has 2 amide bonds. The van der Waals surface area contributed by atoms with Crippen molar-refractivity contribution in [2.75, 3.05) is 7.11 Å². The average molecular weight is 411 g/mol. The van der Waals surface area contributed by atoms with Gasteiger partial charge in [0.05, 0.1) is 17.6 Å². The van der Waals surface area contributed by atoms with Crippen LogP contribution in [0.3, 0.4) is 0 Å². The standard InChI is InChI=1S/C17H18FN3O6S/c1-10(27-15-6-4-3-5-13(15)18)16(22)20-21-17(23)12-9-11(28(19,24)25)7-8-14(12)26-2/h3-10H,1-2H3,(H,20,22)(H,21,23)(H2,19,24,25)/t10-/m0/s1. The number of sulfonamides is 1. The fraction of sp³-hybridized carbons (Fsp3) is 0.176. The number of benzene rings is 2. The zero-order valence-electron chi connectivity index (χ0n) is 14.9. The summed E-state index contributed by atoms with van der Waals surface area (Å²) in [5, 5.41) is 5.05. The van der Waals surface area contributed by atoms with Gasteiger partial charge in [-0.2, -0.15) is 0 Å². The van der Waals surface area contributed by atoms with Crippen LogP contribution in [0.1, 0.15) is 17.3 Å². The largest absolute Gasteiger partial charge is 0.496 e. The number of nitrogens with one attached hydrogen (secondary N) is 2. The third kappa shape index (κ3) is 5.18. The Bertz CT molecular complexity index is 996. The highest BCUT2D eigenvalue weighted by molar-refractivity contribution is 7.89. The van der Waals surface area contributed by atoms with Crippen LogP contribution in [0.2, 0.25) is 0 Å². The molecular weight excluding hydrogens is 393 g/mol. The van der Waals surface area contributed by atoms with Gasteiger partial charge in [-0.1, -0.05) is 12.1 Å². The van der Waals surface area contributed by atoms with Gasteiger partial charge in [-0.25, -0.2) is 17.9 Å². The lowest BCUT2D eigenvalue weighted by atomic mass is 10.2. The van der Waals surface area contributed by atoms with Crippen LogP contribution >= 0.6 is 0 Å². The van der Waals surface area contributed by atoms with Gasteiger partial charge in [0.25, 0.3) is 11.8 Å². The number of ether oxygens (including phenoxy) is 2. The Kier molecular flexibility index (Phi) is 6.54. The van der Waals surface area contributed by atoms with Gasteiger partial charge >= 0.3 is 0 Å². The maximum atomic E-state index is 13.6. The Hall–Kier alpha value is -3.18. The SMILES string of the molecule is COc1ccc(S(N)(=O)=O)cc1C(=O)NNC(=O)[C@H](C)Oc1ccccc1F. The lowest BCUT2D eigenvalue weighted by Gasteiger charge is -2.16. The number of rotatable bonds is 6. The summed E-state index contributed by atoms with van der Waals surface area (Å²) in [5.41, 5.74) is 4.04. The van der Waals surface area contributed by atoms with Gasteiger partial charge in [-0.05, 0) is 37.3 Å². The molecule has 28 heavy (non-hydrogen) atoms. The van der Waals surface area contributed by atoms with Gasteiger partial charge in [0, 0.05) is 0 Å². The number of carbonyl (C=O) groups is 2. The zero-order valence-corrected chi connectivity index (χ0v) is 15.7. The number of primary sulfonamides is 1. The van der Waals surface area contributed by atoms with E-state index in [1.165, 1.54) is 50.4 Å². The molecule has 0 aliphatic heterocycles. The van der Waals surface area contributed by atoms with E-state index >= 15 is 0 Å². The first-order chi connectivity index (χ1) is 13.1. The summed E-state index contributed by atoms with van der Waals surface area (Å²) in [6.07, 6.45) is -1.13. The Morgan fingerprint density at radius 3 is 2.39 bits per heavy atom. The third-order valence-electron chi connectivity index (χ3n) is 3.55. The van der Waals surface area contributed by atoms with Crippen LogP contribution in [0.5, 0.6) is 11.5 Å². The van der Waals surface area contributed by atoms with E-state index in [4.69, 9.17) is 14.6 Å². The second kappa shape index (κ2) is 8.67. The summed E-state index contributed by atoms with van der Waals surface area (Å²) in [5.74, 6) is -2.32. The second-order valence-corrected chi connectivity index (χ2v) is 7.10. The molecule has 0 fully saturated rings. The maximum Gasteiger partial charge on any atom is 0.279 e. The monoisotopic (exact) mass is 411 g/mol. The number of hydrogen-bond acceptors (Lipinski definition) is 6. The number of amides is 2. The van der Waals surface area contributed by atoms with E-state index in [1.54, 1.807) is 0 Å². The smallest absolute Gasteiger partial charge is 0.279 e. The molecule has 0 aliphatic carbocycles. The number of halogens is 1. The molecule has 1 atom stereocenters. The Morgan fingerprint density at radius 2 is 1.79 bits per heavy atom. The van der Waals surface area contributed by atoms with Crippen LogP contribution < -0.4 is 25.5 Å². The van der Waals surface area contributed by atoms with Crippen molar-refractivity contribution in [3.63, 3.8) is 0 Å². The first kappa shape index (κ1) is 21.1. The van der Waals surface area contributed by atoms with Gasteiger partial charge in [-0.3, -0.25) is 20.4 Å². The molecule has 0 unspecified atom stereocenters. The van der Waals surface area contributed by atoms with Crippen molar-refractivity contribution in [2.24, 2.45) is 5.14 Å². The van der Waals surface area contributed by atoms with Crippen molar-refractivity contribution in [2.45, 2.75) is 17.9 Å². The first-order valence-corrected chi connectivity index (χ1v) is 9.40. The normalized spacial score (nSPS) is 12.0. The van der Waals surface area contributed by atoms with Crippen molar-refractivity contribution in [3.05, 3.63) is 53.8 Å². The molecule has 0 bridgehead atoms. The van der Waals surface area contributed by atoms with E-state index in [-0.39, 0.29) is 22.0 Å². The minimum absolute atomic E-state index is 0.0646. The lowest BCUT2D eigenvalue weighted by molar-refractivity contribution is -0.128. The molecule has 0 aromatic heterocycles. The predicted octanol–water partition coefficient (Wildman–Crippen LogP) is 0.710. The molecule has 0 aliphatic rings. The highest BCUT2D eigenvalue weighted by atomic mass is 32.2. The van der Waals surface area contributed by atoms with Gasteiger partial charge in [0.15, 0.2) is 17.7 Å². The van der Waals surface area contributed by atoms with Crippen LogP contribution in [-0.4, -0.2) is 33.4 Å². The molecule has 0 saturated heterocycles. The van der Waals surface area contributed by atoms with E-state index in [0.717, 1.165) is 6.07 Å². The number of nitrogens with two attached hydrogens (primary N) is 1. The second-order valence-electron chi connectivity index (χ2n) is 5.54. The number of methoxy groups -OCH3 is 1. The van der Waals surface area contributed by atoms with E-state index in [2.05, 4.69) is 10.9 Å². The summed E-state index contributed by atoms with van der Waals surface area (Å²) >= 11 is 0. The molecule has 0 spiro atoms. The molecule has 0 radical (unpaired) electrons. The highest BCUT2D eigenvalue weighted by Crippen LogP contribution is 2.21. The van der Waals surface area contributed by atoms with Crippen molar-refractivity contribution in [1.29, 1.82) is 0 Å². The van der Waals surface area contributed by atoms with E-state index in [9.17, 15) is 22.4 Å². The Morgan fingerprint density at radius 1 is 1.11 bits per heavy atom. The number of hydrazine groups is 1. The third-order valence-corrected chi connectivity index (χ3v) is 4.46. The van der Waals surface area contributed by atoms with Crippen molar-refractivity contribution in [3.8, 4) is 11.5 Å². The minimum Gasteiger partial charge on any atom is -0.496 e. The van der Waals surface area contributed by atoms with E-state index in [1.807, 2.05) is 0 Å². The zero-order chi connectivity index (χ0) is 20.9. The molecule has 150 valence electrons. The van der Waals surface area contributed by atoms with Crippen LogP contribution in [0.15, 0.2) is 47.4 Å². The number of hydrogen-bond donors (Lipinski definition) is 3. The van der Waals surface area contributed by atoms with E-state index < -0.39 is 33.8 Å². The lowest BCUT2D eigenvalue weighted by Crippen LogP contribution is -2.47. The van der Waals surface area contributed by atoms with Gasteiger partial charge in [0.2, 0.25) is 10.0 Å². The van der Waals surface area contributed by atoms with Gasteiger partial charge < -0.3 is 9.47 Å². The van der Waals surface area contributed by atoms with Crippen molar-refractivity contribution < 1.29 is 31.9 Å². The van der Waals surface area contributed by atoms with Gasteiger partial charge in [-0.15, -0.1) is 0 Å². The quantitative estimate of drug-likeness (QED) is 0.599. The topological polar surface area (TPSA) is 137 Å². The summed E-state index contributed by atoms with van der Waals surface area (Å²) in [7, 11) is -2.76. The Labute approximate surface area is 160 Å². The predicted molar refractivity (Wildman–Crippen MR) is 96.5 cm³/mol. The van der Waals surface area contributed by atoms with E-state index in [0.29, 0.717) is 0 Å².